The average molecular weight is 313 g/mol. The Labute approximate surface area is 130 Å². The molecule has 1 aromatic rings. The first-order valence-corrected chi connectivity index (χ1v) is 7.25. The molecule has 2 amide bonds. The lowest BCUT2D eigenvalue weighted by atomic mass is 10.2. The maximum atomic E-state index is 11.8. The number of nitrogens with one attached hydrogen (secondary N) is 2. The summed E-state index contributed by atoms with van der Waals surface area (Å²) in [7, 11) is 0. The van der Waals surface area contributed by atoms with Crippen molar-refractivity contribution in [3.05, 3.63) is 29.3 Å². The Balaban J connectivity index is 2.30. The molecule has 0 radical (unpaired) electrons. The molecule has 1 unspecified atom stereocenters. The van der Waals surface area contributed by atoms with Gasteiger partial charge in [-0.3, -0.25) is 9.59 Å². The van der Waals surface area contributed by atoms with Crippen LogP contribution in [0.4, 0.5) is 0 Å². The van der Waals surface area contributed by atoms with Crippen molar-refractivity contribution in [2.75, 3.05) is 13.1 Å². The molecule has 0 bridgehead atoms. The summed E-state index contributed by atoms with van der Waals surface area (Å²) in [4.78, 5) is 23.2. The lowest BCUT2D eigenvalue weighted by molar-refractivity contribution is -0.128. The van der Waals surface area contributed by atoms with Crippen LogP contribution < -0.4 is 15.4 Å². The number of carbonyl (C=O) groups is 2. The highest BCUT2D eigenvalue weighted by Crippen LogP contribution is 2.18. The van der Waals surface area contributed by atoms with Gasteiger partial charge < -0.3 is 15.4 Å². The highest BCUT2D eigenvalue weighted by atomic mass is 35.5. The highest BCUT2D eigenvalue weighted by molar-refractivity contribution is 6.30. The minimum absolute atomic E-state index is 0.0347. The molecule has 0 aliphatic carbocycles. The first kappa shape index (κ1) is 17.3. The molecule has 2 N–H and O–H groups in total. The lowest BCUT2D eigenvalue weighted by Crippen LogP contribution is -2.41. The molecule has 21 heavy (non-hydrogen) atoms. The Morgan fingerprint density at radius 1 is 1.14 bits per heavy atom. The molecule has 0 saturated carbocycles. The predicted octanol–water partition coefficient (Wildman–Crippen LogP) is 2.00. The Morgan fingerprint density at radius 3 is 2.33 bits per heavy atom. The molecule has 0 heterocycles. The molecule has 0 fully saturated rings. The number of carbonyl (C=O) groups excluding carboxylic acids is 2. The zero-order chi connectivity index (χ0) is 15.8. The van der Waals surface area contributed by atoms with Crippen molar-refractivity contribution >= 4 is 23.4 Å². The molecular formula is C15H21ClN2O3. The van der Waals surface area contributed by atoms with E-state index in [1.165, 1.54) is 0 Å². The highest BCUT2D eigenvalue weighted by Gasteiger charge is 2.14. The molecular weight excluding hydrogens is 292 g/mol. The summed E-state index contributed by atoms with van der Waals surface area (Å²) < 4.78 is 5.49. The van der Waals surface area contributed by atoms with Gasteiger partial charge in [-0.2, -0.15) is 0 Å². The normalized spacial score (nSPS) is 11.9. The monoisotopic (exact) mass is 312 g/mol. The number of halogens is 1. The van der Waals surface area contributed by atoms with Crippen molar-refractivity contribution in [1.29, 1.82) is 0 Å². The summed E-state index contributed by atoms with van der Waals surface area (Å²) in [6.07, 6.45) is -0.635. The second-order valence-corrected chi connectivity index (χ2v) is 5.39. The first-order chi connectivity index (χ1) is 9.90. The summed E-state index contributed by atoms with van der Waals surface area (Å²) in [6, 6.07) is 6.87. The minimum Gasteiger partial charge on any atom is -0.481 e. The maximum absolute atomic E-state index is 11.8. The summed E-state index contributed by atoms with van der Waals surface area (Å²) in [6.45, 7) is 6.04. The van der Waals surface area contributed by atoms with Gasteiger partial charge >= 0.3 is 0 Å². The van der Waals surface area contributed by atoms with Gasteiger partial charge in [0.05, 0.1) is 0 Å². The molecule has 116 valence electrons. The number of hydrogen-bond donors (Lipinski definition) is 2. The molecule has 0 aliphatic heterocycles. The van der Waals surface area contributed by atoms with Crippen molar-refractivity contribution in [3.63, 3.8) is 0 Å². The molecule has 0 saturated heterocycles. The molecule has 0 aromatic heterocycles. The Morgan fingerprint density at radius 2 is 1.76 bits per heavy atom. The fraction of sp³-hybridized carbons (Fsp3) is 0.467. The lowest BCUT2D eigenvalue weighted by Gasteiger charge is -2.15. The van der Waals surface area contributed by atoms with Crippen LogP contribution in [0.15, 0.2) is 24.3 Å². The fourth-order valence-corrected chi connectivity index (χ4v) is 1.70. The second kappa shape index (κ2) is 8.52. The van der Waals surface area contributed by atoms with Crippen LogP contribution in [0.25, 0.3) is 0 Å². The zero-order valence-corrected chi connectivity index (χ0v) is 13.2. The van der Waals surface area contributed by atoms with E-state index in [0.29, 0.717) is 23.9 Å². The SMILES string of the molecule is CC(C)C(=O)NCCNC(=O)C(C)Oc1cccc(Cl)c1. The van der Waals surface area contributed by atoms with Gasteiger partial charge in [0.1, 0.15) is 5.75 Å². The van der Waals surface area contributed by atoms with E-state index < -0.39 is 6.10 Å². The standard InChI is InChI=1S/C15H21ClN2O3/c1-10(2)14(19)17-7-8-18-15(20)11(3)21-13-6-4-5-12(16)9-13/h4-6,9-11H,7-8H2,1-3H3,(H,17,19)(H,18,20). The molecule has 1 aromatic carbocycles. The third kappa shape index (κ3) is 6.49. The van der Waals surface area contributed by atoms with E-state index in [1.807, 2.05) is 13.8 Å². The average Bonchev–Trinajstić information content (AvgIpc) is 2.42. The third-order valence-electron chi connectivity index (χ3n) is 2.73. The number of amides is 2. The van der Waals surface area contributed by atoms with E-state index in [0.717, 1.165) is 0 Å². The molecule has 1 atom stereocenters. The Bertz CT molecular complexity index is 492. The number of hydrogen-bond acceptors (Lipinski definition) is 3. The van der Waals surface area contributed by atoms with Gasteiger partial charge in [-0.1, -0.05) is 31.5 Å². The molecule has 1 rings (SSSR count). The predicted molar refractivity (Wildman–Crippen MR) is 82.4 cm³/mol. The van der Waals surface area contributed by atoms with Crippen LogP contribution in [0.5, 0.6) is 5.75 Å². The van der Waals surface area contributed by atoms with Gasteiger partial charge in [-0.05, 0) is 25.1 Å². The van der Waals surface area contributed by atoms with E-state index in [4.69, 9.17) is 16.3 Å². The summed E-state index contributed by atoms with van der Waals surface area (Å²) in [5.41, 5.74) is 0. The zero-order valence-electron chi connectivity index (χ0n) is 12.5. The Kier molecular flexibility index (Phi) is 7.02. The molecule has 0 spiro atoms. The summed E-state index contributed by atoms with van der Waals surface area (Å²) in [5.74, 6) is 0.199. The molecule has 6 heteroatoms. The third-order valence-corrected chi connectivity index (χ3v) is 2.96. The fourth-order valence-electron chi connectivity index (χ4n) is 1.52. The summed E-state index contributed by atoms with van der Waals surface area (Å²) in [5, 5.41) is 5.97. The topological polar surface area (TPSA) is 67.4 Å². The van der Waals surface area contributed by atoms with Gasteiger partial charge in [-0.25, -0.2) is 0 Å². The van der Waals surface area contributed by atoms with Crippen LogP contribution in [-0.4, -0.2) is 31.0 Å². The smallest absolute Gasteiger partial charge is 0.260 e. The van der Waals surface area contributed by atoms with Crippen molar-refractivity contribution in [2.45, 2.75) is 26.9 Å². The van der Waals surface area contributed by atoms with E-state index in [1.54, 1.807) is 31.2 Å². The van der Waals surface area contributed by atoms with Gasteiger partial charge in [0.2, 0.25) is 5.91 Å². The minimum atomic E-state index is -0.635. The van der Waals surface area contributed by atoms with Crippen LogP contribution >= 0.6 is 11.6 Å². The second-order valence-electron chi connectivity index (χ2n) is 4.95. The van der Waals surface area contributed by atoms with Crippen LogP contribution in [0.2, 0.25) is 5.02 Å². The molecule has 0 aliphatic rings. The van der Waals surface area contributed by atoms with E-state index in [9.17, 15) is 9.59 Å². The van der Waals surface area contributed by atoms with Crippen LogP contribution in [0.3, 0.4) is 0 Å². The Hall–Kier alpha value is -1.75. The van der Waals surface area contributed by atoms with Crippen LogP contribution in [0, 0.1) is 5.92 Å². The van der Waals surface area contributed by atoms with Crippen LogP contribution in [-0.2, 0) is 9.59 Å². The largest absolute Gasteiger partial charge is 0.481 e. The van der Waals surface area contributed by atoms with Gasteiger partial charge in [0.15, 0.2) is 6.10 Å². The van der Waals surface area contributed by atoms with Gasteiger partial charge in [0, 0.05) is 24.0 Å². The quantitative estimate of drug-likeness (QED) is 0.757. The van der Waals surface area contributed by atoms with Gasteiger partial charge in [0.25, 0.3) is 5.91 Å². The van der Waals surface area contributed by atoms with Crippen molar-refractivity contribution in [3.8, 4) is 5.75 Å². The van der Waals surface area contributed by atoms with Crippen molar-refractivity contribution in [1.82, 2.24) is 10.6 Å². The summed E-state index contributed by atoms with van der Waals surface area (Å²) >= 11 is 5.84. The molecule has 5 nitrogen and oxygen atoms in total. The van der Waals surface area contributed by atoms with Crippen molar-refractivity contribution in [2.24, 2.45) is 5.92 Å². The van der Waals surface area contributed by atoms with Crippen LogP contribution in [0.1, 0.15) is 20.8 Å². The van der Waals surface area contributed by atoms with E-state index in [-0.39, 0.29) is 17.7 Å². The first-order valence-electron chi connectivity index (χ1n) is 6.87. The maximum Gasteiger partial charge on any atom is 0.260 e. The van der Waals surface area contributed by atoms with E-state index in [2.05, 4.69) is 10.6 Å². The van der Waals surface area contributed by atoms with Crippen molar-refractivity contribution < 1.29 is 14.3 Å². The number of benzene rings is 1. The van der Waals surface area contributed by atoms with E-state index >= 15 is 0 Å². The number of rotatable bonds is 7. The van der Waals surface area contributed by atoms with Gasteiger partial charge in [-0.15, -0.1) is 0 Å². The number of ether oxygens (including phenoxy) is 1.